The predicted molar refractivity (Wildman–Crippen MR) is 66.2 cm³/mol. The average Bonchev–Trinajstić information content (AvgIpc) is 2.41. The first-order chi connectivity index (χ1) is 8.61. The van der Waals surface area contributed by atoms with Gasteiger partial charge in [0.15, 0.2) is 5.78 Å². The first-order valence-corrected chi connectivity index (χ1v) is 5.32. The molecule has 2 aromatic rings. The van der Waals surface area contributed by atoms with Gasteiger partial charge in [-0.25, -0.2) is 0 Å². The van der Waals surface area contributed by atoms with Crippen LogP contribution in [0.2, 0.25) is 0 Å². The van der Waals surface area contributed by atoms with Crippen molar-refractivity contribution in [3.8, 4) is 17.2 Å². The van der Waals surface area contributed by atoms with Gasteiger partial charge < -0.3 is 14.9 Å². The van der Waals surface area contributed by atoms with E-state index in [0.717, 1.165) is 0 Å². The molecule has 92 valence electrons. The third kappa shape index (κ3) is 2.27. The maximum Gasteiger partial charge on any atom is 0.197 e. The van der Waals surface area contributed by atoms with Crippen LogP contribution in [0.1, 0.15) is 15.9 Å². The number of methoxy groups -OCH3 is 1. The summed E-state index contributed by atoms with van der Waals surface area (Å²) in [4.78, 5) is 12.2. The van der Waals surface area contributed by atoms with Crippen molar-refractivity contribution in [2.24, 2.45) is 0 Å². The topological polar surface area (TPSA) is 66.8 Å². The number of phenolic OH excluding ortho intramolecular Hbond substituents is 2. The van der Waals surface area contributed by atoms with Crippen LogP contribution in [0, 0.1) is 0 Å². The van der Waals surface area contributed by atoms with Crippen molar-refractivity contribution in [3.05, 3.63) is 53.6 Å². The molecule has 2 aromatic carbocycles. The van der Waals surface area contributed by atoms with Crippen molar-refractivity contribution in [2.45, 2.75) is 0 Å². The molecule has 0 saturated carbocycles. The number of aromatic hydroxyl groups is 2. The maximum absolute atomic E-state index is 12.2. The lowest BCUT2D eigenvalue weighted by molar-refractivity contribution is 0.103. The summed E-state index contributed by atoms with van der Waals surface area (Å²) >= 11 is 0. The van der Waals surface area contributed by atoms with Crippen LogP contribution in [0.3, 0.4) is 0 Å². The fourth-order valence-electron chi connectivity index (χ4n) is 1.63. The van der Waals surface area contributed by atoms with E-state index in [1.807, 2.05) is 0 Å². The van der Waals surface area contributed by atoms with Gasteiger partial charge in [-0.3, -0.25) is 4.79 Å². The van der Waals surface area contributed by atoms with Crippen LogP contribution in [0.4, 0.5) is 0 Å². The summed E-state index contributed by atoms with van der Waals surface area (Å²) in [7, 11) is 1.51. The van der Waals surface area contributed by atoms with Gasteiger partial charge in [0.1, 0.15) is 17.2 Å². The third-order valence-electron chi connectivity index (χ3n) is 2.56. The largest absolute Gasteiger partial charge is 0.508 e. The number of ether oxygens (including phenoxy) is 1. The Morgan fingerprint density at radius 1 is 1.11 bits per heavy atom. The Kier molecular flexibility index (Phi) is 3.19. The number of carbonyl (C=O) groups excluding carboxylic acids is 1. The summed E-state index contributed by atoms with van der Waals surface area (Å²) in [5, 5.41) is 19.0. The van der Waals surface area contributed by atoms with E-state index in [4.69, 9.17) is 4.74 Å². The zero-order valence-electron chi connectivity index (χ0n) is 9.75. The zero-order valence-corrected chi connectivity index (χ0v) is 9.75. The van der Waals surface area contributed by atoms with Crippen molar-refractivity contribution in [1.82, 2.24) is 0 Å². The number of hydrogen-bond acceptors (Lipinski definition) is 4. The molecular weight excluding hydrogens is 232 g/mol. The molecule has 0 radical (unpaired) electrons. The number of rotatable bonds is 3. The van der Waals surface area contributed by atoms with E-state index in [-0.39, 0.29) is 22.8 Å². The predicted octanol–water partition coefficient (Wildman–Crippen LogP) is 2.34. The summed E-state index contributed by atoms with van der Waals surface area (Å²) in [5.74, 6) is -0.0533. The van der Waals surface area contributed by atoms with Gasteiger partial charge in [0.2, 0.25) is 0 Å². The van der Waals surface area contributed by atoms with Crippen molar-refractivity contribution in [3.63, 3.8) is 0 Å². The van der Waals surface area contributed by atoms with Gasteiger partial charge in [-0.2, -0.15) is 0 Å². The molecule has 0 saturated heterocycles. The number of ketones is 1. The van der Waals surface area contributed by atoms with Crippen LogP contribution in [-0.4, -0.2) is 23.1 Å². The number of benzene rings is 2. The van der Waals surface area contributed by atoms with Gasteiger partial charge in [0.05, 0.1) is 12.7 Å². The second-order valence-electron chi connectivity index (χ2n) is 3.76. The second kappa shape index (κ2) is 4.79. The van der Waals surface area contributed by atoms with Crippen LogP contribution in [-0.2, 0) is 0 Å². The molecule has 0 aliphatic rings. The van der Waals surface area contributed by atoms with E-state index in [1.165, 1.54) is 25.3 Å². The monoisotopic (exact) mass is 244 g/mol. The van der Waals surface area contributed by atoms with Crippen LogP contribution in [0.5, 0.6) is 17.2 Å². The minimum absolute atomic E-state index is 0.0586. The standard InChI is InChI=1S/C14H12O4/c1-18-11-4-2-3-9(7-11)14(17)12-8-10(15)5-6-13(12)16/h2-8,15-16H,1H3. The van der Waals surface area contributed by atoms with Crippen LogP contribution < -0.4 is 4.74 Å². The molecule has 0 aliphatic heterocycles. The summed E-state index contributed by atoms with van der Waals surface area (Å²) in [5.41, 5.74) is 0.443. The Labute approximate surface area is 104 Å². The second-order valence-corrected chi connectivity index (χ2v) is 3.76. The molecule has 4 heteroatoms. The highest BCUT2D eigenvalue weighted by atomic mass is 16.5. The molecule has 0 aliphatic carbocycles. The fraction of sp³-hybridized carbons (Fsp3) is 0.0714. The molecule has 0 bridgehead atoms. The lowest BCUT2D eigenvalue weighted by Crippen LogP contribution is -2.01. The quantitative estimate of drug-likeness (QED) is 0.642. The first kappa shape index (κ1) is 12.0. The van der Waals surface area contributed by atoms with Gasteiger partial charge in [-0.1, -0.05) is 12.1 Å². The maximum atomic E-state index is 12.2. The Bertz CT molecular complexity index is 590. The van der Waals surface area contributed by atoms with Gasteiger partial charge in [-0.05, 0) is 30.3 Å². The van der Waals surface area contributed by atoms with E-state index in [0.29, 0.717) is 11.3 Å². The van der Waals surface area contributed by atoms with Gasteiger partial charge in [0.25, 0.3) is 0 Å². The lowest BCUT2D eigenvalue weighted by Gasteiger charge is -2.06. The molecule has 0 unspecified atom stereocenters. The van der Waals surface area contributed by atoms with E-state index in [2.05, 4.69) is 0 Å². The lowest BCUT2D eigenvalue weighted by atomic mass is 10.0. The van der Waals surface area contributed by atoms with E-state index in [1.54, 1.807) is 24.3 Å². The van der Waals surface area contributed by atoms with Gasteiger partial charge in [-0.15, -0.1) is 0 Å². The normalized spacial score (nSPS) is 10.1. The molecule has 0 heterocycles. The summed E-state index contributed by atoms with van der Waals surface area (Å²) < 4.78 is 5.03. The van der Waals surface area contributed by atoms with Gasteiger partial charge >= 0.3 is 0 Å². The third-order valence-corrected chi connectivity index (χ3v) is 2.56. The molecule has 0 aromatic heterocycles. The minimum Gasteiger partial charge on any atom is -0.508 e. The Morgan fingerprint density at radius 3 is 2.61 bits per heavy atom. The average molecular weight is 244 g/mol. The number of hydrogen-bond donors (Lipinski definition) is 2. The Hall–Kier alpha value is -2.49. The summed E-state index contributed by atoms with van der Waals surface area (Å²) in [6, 6.07) is 10.4. The van der Waals surface area contributed by atoms with Crippen LogP contribution in [0.25, 0.3) is 0 Å². The van der Waals surface area contributed by atoms with Crippen molar-refractivity contribution in [1.29, 1.82) is 0 Å². The van der Waals surface area contributed by atoms with E-state index < -0.39 is 0 Å². The van der Waals surface area contributed by atoms with Crippen LogP contribution >= 0.6 is 0 Å². The van der Waals surface area contributed by atoms with Crippen LogP contribution in [0.15, 0.2) is 42.5 Å². The molecule has 18 heavy (non-hydrogen) atoms. The molecule has 2 rings (SSSR count). The summed E-state index contributed by atoms with van der Waals surface area (Å²) in [6.45, 7) is 0. The Morgan fingerprint density at radius 2 is 1.89 bits per heavy atom. The minimum atomic E-state index is -0.373. The smallest absolute Gasteiger partial charge is 0.197 e. The van der Waals surface area contributed by atoms with Crippen molar-refractivity contribution < 1.29 is 19.7 Å². The first-order valence-electron chi connectivity index (χ1n) is 5.32. The molecule has 0 atom stereocenters. The SMILES string of the molecule is COc1cccc(C(=O)c2cc(O)ccc2O)c1. The molecular formula is C14H12O4. The highest BCUT2D eigenvalue weighted by molar-refractivity contribution is 6.11. The van der Waals surface area contributed by atoms with Gasteiger partial charge in [0, 0.05) is 5.56 Å². The zero-order chi connectivity index (χ0) is 13.1. The van der Waals surface area contributed by atoms with Crippen molar-refractivity contribution >= 4 is 5.78 Å². The molecule has 4 nitrogen and oxygen atoms in total. The van der Waals surface area contributed by atoms with E-state index >= 15 is 0 Å². The molecule has 0 amide bonds. The fourth-order valence-corrected chi connectivity index (χ4v) is 1.63. The number of phenols is 2. The van der Waals surface area contributed by atoms with E-state index in [9.17, 15) is 15.0 Å². The molecule has 0 fully saturated rings. The van der Waals surface area contributed by atoms with Crippen molar-refractivity contribution in [2.75, 3.05) is 7.11 Å². The summed E-state index contributed by atoms with van der Waals surface area (Å²) in [6.07, 6.45) is 0. The molecule has 0 spiro atoms. The molecule has 2 N–H and O–H groups in total. The highest BCUT2D eigenvalue weighted by Gasteiger charge is 2.14. The Balaban J connectivity index is 2.44. The highest BCUT2D eigenvalue weighted by Crippen LogP contribution is 2.25. The number of carbonyl (C=O) groups is 1.